The maximum absolute atomic E-state index is 13.3. The van der Waals surface area contributed by atoms with E-state index in [2.05, 4.69) is 9.97 Å². The molecule has 84 valence electrons. The number of benzene rings is 1. The molecule has 0 aliphatic carbocycles. The summed E-state index contributed by atoms with van der Waals surface area (Å²) < 4.78 is 26.2. The molecule has 1 aromatic carbocycles. The molecule has 2 aromatic rings. The van der Waals surface area contributed by atoms with E-state index in [1.54, 1.807) is 6.20 Å². The van der Waals surface area contributed by atoms with Crippen molar-refractivity contribution in [2.45, 2.75) is 12.5 Å². The highest BCUT2D eigenvalue weighted by atomic mass is 19.2. The van der Waals surface area contributed by atoms with Crippen molar-refractivity contribution in [1.82, 2.24) is 9.97 Å². The molecule has 0 aliphatic heterocycles. The van der Waals surface area contributed by atoms with Gasteiger partial charge in [-0.25, -0.2) is 13.8 Å². The smallest absolute Gasteiger partial charge is 0.164 e. The lowest BCUT2D eigenvalue weighted by Gasteiger charge is -2.10. The zero-order valence-electron chi connectivity index (χ0n) is 8.32. The van der Waals surface area contributed by atoms with Gasteiger partial charge in [0.25, 0.3) is 0 Å². The summed E-state index contributed by atoms with van der Waals surface area (Å²) in [5.74, 6) is -1.45. The van der Waals surface area contributed by atoms with Gasteiger partial charge < -0.3 is 10.1 Å². The van der Waals surface area contributed by atoms with E-state index in [4.69, 9.17) is 0 Å². The number of aliphatic hydroxyl groups is 1. The Morgan fingerprint density at radius 2 is 2.19 bits per heavy atom. The number of aromatic nitrogens is 2. The first kappa shape index (κ1) is 10.8. The van der Waals surface area contributed by atoms with Crippen molar-refractivity contribution < 1.29 is 13.9 Å². The molecule has 3 nitrogen and oxygen atoms in total. The fourth-order valence-electron chi connectivity index (χ4n) is 1.48. The molecule has 2 N–H and O–H groups in total. The van der Waals surface area contributed by atoms with Gasteiger partial charge in [0.2, 0.25) is 0 Å². The van der Waals surface area contributed by atoms with Crippen molar-refractivity contribution in [2.75, 3.05) is 0 Å². The molecule has 1 atom stereocenters. The number of aliphatic hydroxyl groups excluding tert-OH is 1. The molecule has 1 unspecified atom stereocenters. The fraction of sp³-hybridized carbons (Fsp3) is 0.182. The van der Waals surface area contributed by atoms with Crippen molar-refractivity contribution in [3.05, 3.63) is 53.6 Å². The molecule has 2 rings (SSSR count). The van der Waals surface area contributed by atoms with Gasteiger partial charge in [0.05, 0.1) is 6.10 Å². The minimum atomic E-state index is -1.11. The average molecular weight is 224 g/mol. The van der Waals surface area contributed by atoms with Crippen LogP contribution in [0.5, 0.6) is 0 Å². The molecular weight excluding hydrogens is 214 g/mol. The monoisotopic (exact) mass is 224 g/mol. The van der Waals surface area contributed by atoms with Crippen LogP contribution in [0.15, 0.2) is 30.6 Å². The first-order chi connectivity index (χ1) is 7.68. The van der Waals surface area contributed by atoms with Crippen LogP contribution in [-0.2, 0) is 6.42 Å². The topological polar surface area (TPSA) is 48.9 Å². The lowest BCUT2D eigenvalue weighted by Crippen LogP contribution is -2.06. The molecule has 5 heteroatoms. The number of rotatable bonds is 3. The Kier molecular flexibility index (Phi) is 2.96. The van der Waals surface area contributed by atoms with E-state index in [1.165, 1.54) is 18.3 Å². The summed E-state index contributed by atoms with van der Waals surface area (Å²) in [7, 11) is 0. The number of aromatic amines is 1. The Labute approximate surface area is 90.8 Å². The third-order valence-corrected chi connectivity index (χ3v) is 2.28. The lowest BCUT2D eigenvalue weighted by molar-refractivity contribution is 0.170. The van der Waals surface area contributed by atoms with Crippen molar-refractivity contribution in [3.8, 4) is 0 Å². The van der Waals surface area contributed by atoms with E-state index >= 15 is 0 Å². The van der Waals surface area contributed by atoms with Crippen LogP contribution in [0.4, 0.5) is 8.78 Å². The molecule has 16 heavy (non-hydrogen) atoms. The van der Waals surface area contributed by atoms with Crippen molar-refractivity contribution in [3.63, 3.8) is 0 Å². The van der Waals surface area contributed by atoms with Crippen LogP contribution in [0.3, 0.4) is 0 Å². The normalized spacial score (nSPS) is 12.7. The van der Waals surface area contributed by atoms with Gasteiger partial charge in [0, 0.05) is 24.4 Å². The van der Waals surface area contributed by atoms with E-state index in [0.717, 1.165) is 6.07 Å². The highest BCUT2D eigenvalue weighted by molar-refractivity contribution is 5.22. The number of halogens is 2. The second kappa shape index (κ2) is 4.40. The van der Waals surface area contributed by atoms with Gasteiger partial charge in [-0.2, -0.15) is 0 Å². The minimum absolute atomic E-state index is 0.0589. The average Bonchev–Trinajstić information content (AvgIpc) is 2.74. The highest BCUT2D eigenvalue weighted by Gasteiger charge is 2.16. The third kappa shape index (κ3) is 2.09. The Morgan fingerprint density at radius 1 is 1.38 bits per heavy atom. The van der Waals surface area contributed by atoms with Crippen LogP contribution >= 0.6 is 0 Å². The Morgan fingerprint density at radius 3 is 2.88 bits per heavy atom. The quantitative estimate of drug-likeness (QED) is 0.837. The molecule has 0 radical (unpaired) electrons. The Balaban J connectivity index is 2.21. The predicted molar refractivity (Wildman–Crippen MR) is 53.6 cm³/mol. The summed E-state index contributed by atoms with van der Waals surface area (Å²) in [4.78, 5) is 6.69. The molecule has 0 fully saturated rings. The van der Waals surface area contributed by atoms with E-state index in [1.807, 2.05) is 0 Å². The van der Waals surface area contributed by atoms with Gasteiger partial charge >= 0.3 is 0 Å². The molecule has 0 aliphatic rings. The second-order valence-electron chi connectivity index (χ2n) is 3.40. The fourth-order valence-corrected chi connectivity index (χ4v) is 1.48. The molecule has 1 aromatic heterocycles. The van der Waals surface area contributed by atoms with Crippen LogP contribution in [0.25, 0.3) is 0 Å². The number of imidazole rings is 1. The van der Waals surface area contributed by atoms with Crippen LogP contribution in [0.2, 0.25) is 0 Å². The number of nitrogens with zero attached hydrogens (tertiary/aromatic N) is 1. The maximum atomic E-state index is 13.3. The van der Waals surface area contributed by atoms with Crippen LogP contribution < -0.4 is 0 Å². The van der Waals surface area contributed by atoms with Gasteiger partial charge in [-0.05, 0) is 6.07 Å². The van der Waals surface area contributed by atoms with Gasteiger partial charge in [-0.3, -0.25) is 0 Å². The van der Waals surface area contributed by atoms with Crippen molar-refractivity contribution >= 4 is 0 Å². The van der Waals surface area contributed by atoms with Gasteiger partial charge in [-0.15, -0.1) is 0 Å². The molecule has 1 heterocycles. The lowest BCUT2D eigenvalue weighted by atomic mass is 10.1. The first-order valence-corrected chi connectivity index (χ1v) is 4.78. The largest absolute Gasteiger partial charge is 0.388 e. The van der Waals surface area contributed by atoms with Crippen molar-refractivity contribution in [1.29, 1.82) is 0 Å². The SMILES string of the molecule is OC(Cc1ncc[nH]1)c1cccc(F)c1F. The maximum Gasteiger partial charge on any atom is 0.164 e. The second-order valence-corrected chi connectivity index (χ2v) is 3.40. The number of hydrogen-bond acceptors (Lipinski definition) is 2. The summed E-state index contributed by atoms with van der Waals surface area (Å²) in [5, 5.41) is 9.73. The Hall–Kier alpha value is -1.75. The van der Waals surface area contributed by atoms with Crippen LogP contribution in [0.1, 0.15) is 17.5 Å². The summed E-state index contributed by atoms with van der Waals surface area (Å²) in [5.41, 5.74) is -0.0589. The summed E-state index contributed by atoms with van der Waals surface area (Å²) in [6.07, 6.45) is 2.14. The molecule has 0 saturated carbocycles. The summed E-state index contributed by atoms with van der Waals surface area (Å²) >= 11 is 0. The van der Waals surface area contributed by atoms with Gasteiger partial charge in [0.15, 0.2) is 11.6 Å². The molecule has 0 spiro atoms. The molecule has 0 bridgehead atoms. The number of H-pyrrole nitrogens is 1. The van der Waals surface area contributed by atoms with Crippen LogP contribution in [0, 0.1) is 11.6 Å². The number of nitrogens with one attached hydrogen (secondary N) is 1. The highest BCUT2D eigenvalue weighted by Crippen LogP contribution is 2.21. The van der Waals surface area contributed by atoms with Gasteiger partial charge in [-0.1, -0.05) is 12.1 Å². The summed E-state index contributed by atoms with van der Waals surface area (Å²) in [6.45, 7) is 0. The Bertz CT molecular complexity index is 471. The summed E-state index contributed by atoms with van der Waals surface area (Å²) in [6, 6.07) is 3.73. The minimum Gasteiger partial charge on any atom is -0.388 e. The standard InChI is InChI=1S/C11H10F2N2O/c12-8-3-1-2-7(11(8)13)9(16)6-10-14-4-5-15-10/h1-5,9,16H,6H2,(H,14,15). The van der Waals surface area contributed by atoms with Crippen molar-refractivity contribution in [2.24, 2.45) is 0 Å². The van der Waals surface area contributed by atoms with E-state index in [-0.39, 0.29) is 12.0 Å². The zero-order chi connectivity index (χ0) is 11.5. The third-order valence-electron chi connectivity index (χ3n) is 2.28. The molecule has 0 amide bonds. The first-order valence-electron chi connectivity index (χ1n) is 4.78. The van der Waals surface area contributed by atoms with E-state index < -0.39 is 17.7 Å². The van der Waals surface area contributed by atoms with Crippen LogP contribution in [-0.4, -0.2) is 15.1 Å². The van der Waals surface area contributed by atoms with Gasteiger partial charge in [0.1, 0.15) is 5.82 Å². The predicted octanol–water partition coefficient (Wildman–Crippen LogP) is 1.96. The zero-order valence-corrected chi connectivity index (χ0v) is 8.32. The van der Waals surface area contributed by atoms with E-state index in [9.17, 15) is 13.9 Å². The molecule has 0 saturated heterocycles. The molecular formula is C11H10F2N2O. The number of hydrogen-bond donors (Lipinski definition) is 2. The van der Waals surface area contributed by atoms with E-state index in [0.29, 0.717) is 5.82 Å².